The van der Waals surface area contributed by atoms with Gasteiger partial charge in [-0.3, -0.25) is 19.2 Å². The highest BCUT2D eigenvalue weighted by Crippen LogP contribution is 2.65. The highest BCUT2D eigenvalue weighted by molar-refractivity contribution is 7.09. The molecule has 8 unspecified atom stereocenters. The van der Waals surface area contributed by atoms with Gasteiger partial charge in [-0.1, -0.05) is 32.0 Å². The topological polar surface area (TPSA) is 161 Å². The standard InChI is InChI=1S/C33H41O12P/c1-16-21(41-17(2)34)14-33(39)28(43-29(38)20-11-9-8-10-12-20)26-31(7,27(37)25(42-18(3)35)24(16)30(33,5)6)22(45-46)13-23-32(26,15-40-23)44-19(4)36/h8-12,21-23,25-26,28,39H,13-15,46H2,1-7H3/t21?,22?,23?,25?,26?,28?,31-,32+,33?/m1/s1. The number of esters is 4. The van der Waals surface area contributed by atoms with Crippen molar-refractivity contribution >= 4 is 39.1 Å². The number of ether oxygens (including phenoxy) is 5. The third kappa shape index (κ3) is 5.00. The van der Waals surface area contributed by atoms with Gasteiger partial charge in [-0.25, -0.2) is 4.79 Å². The van der Waals surface area contributed by atoms with Crippen LogP contribution in [0.25, 0.3) is 0 Å². The molecule has 0 amide bonds. The third-order valence-electron chi connectivity index (χ3n) is 10.6. The Bertz CT molecular complexity index is 1490. The molecule has 3 aliphatic carbocycles. The quantitative estimate of drug-likeness (QED) is 0.206. The summed E-state index contributed by atoms with van der Waals surface area (Å²) >= 11 is 0. The monoisotopic (exact) mass is 660 g/mol. The van der Waals surface area contributed by atoms with E-state index in [9.17, 15) is 24.3 Å². The largest absolute Gasteiger partial charge is 0.458 e. The van der Waals surface area contributed by atoms with Gasteiger partial charge in [0, 0.05) is 48.5 Å². The van der Waals surface area contributed by atoms with Crippen LogP contribution in [0.5, 0.6) is 0 Å². The lowest BCUT2D eigenvalue weighted by molar-refractivity contribution is -0.343. The van der Waals surface area contributed by atoms with Gasteiger partial charge in [0.15, 0.2) is 17.5 Å². The van der Waals surface area contributed by atoms with Crippen LogP contribution >= 0.6 is 9.47 Å². The number of ketones is 1. The van der Waals surface area contributed by atoms with E-state index in [2.05, 4.69) is 9.47 Å². The minimum absolute atomic E-state index is 0.0948. The average molecular weight is 661 g/mol. The van der Waals surface area contributed by atoms with E-state index < -0.39 is 88.1 Å². The van der Waals surface area contributed by atoms with E-state index in [1.165, 1.54) is 20.8 Å². The third-order valence-corrected chi connectivity index (χ3v) is 11.0. The molecular formula is C33H41O12P. The lowest BCUT2D eigenvalue weighted by atomic mass is 9.44. The maximum absolute atomic E-state index is 15.2. The van der Waals surface area contributed by atoms with Crippen molar-refractivity contribution in [3.8, 4) is 0 Å². The van der Waals surface area contributed by atoms with Crippen molar-refractivity contribution < 1.29 is 57.3 Å². The molecule has 1 aliphatic heterocycles. The maximum Gasteiger partial charge on any atom is 0.338 e. The van der Waals surface area contributed by atoms with Gasteiger partial charge >= 0.3 is 23.9 Å². The summed E-state index contributed by atoms with van der Waals surface area (Å²) in [5, 5.41) is 13.2. The maximum atomic E-state index is 15.2. The molecular weight excluding hydrogens is 619 g/mol. The fourth-order valence-electron chi connectivity index (χ4n) is 8.39. The molecule has 1 N–H and O–H groups in total. The second-order valence-electron chi connectivity index (χ2n) is 13.5. The molecule has 1 aromatic rings. The van der Waals surface area contributed by atoms with Crippen LogP contribution in [0.4, 0.5) is 0 Å². The summed E-state index contributed by atoms with van der Waals surface area (Å²) in [5.41, 5.74) is -6.01. The summed E-state index contributed by atoms with van der Waals surface area (Å²) in [4.78, 5) is 66.9. The molecule has 0 radical (unpaired) electrons. The zero-order chi connectivity index (χ0) is 34.0. The molecule has 1 heterocycles. The number of carbonyl (C=O) groups is 5. The number of hydrogen-bond acceptors (Lipinski definition) is 12. The molecule has 4 aliphatic rings. The molecule has 250 valence electrons. The summed E-state index contributed by atoms with van der Waals surface area (Å²) in [6, 6.07) is 8.13. The fourth-order valence-corrected chi connectivity index (χ4v) is 8.79. The van der Waals surface area contributed by atoms with Crippen LogP contribution in [-0.4, -0.2) is 83.1 Å². The Labute approximate surface area is 269 Å². The van der Waals surface area contributed by atoms with Crippen molar-refractivity contribution in [1.82, 2.24) is 0 Å². The Morgan fingerprint density at radius 1 is 0.957 bits per heavy atom. The Hall–Kier alpha value is -3.18. The minimum Gasteiger partial charge on any atom is -0.458 e. The van der Waals surface area contributed by atoms with E-state index in [4.69, 9.17) is 28.2 Å². The van der Waals surface area contributed by atoms with E-state index in [0.29, 0.717) is 5.57 Å². The Kier molecular flexibility index (Phi) is 8.77. The van der Waals surface area contributed by atoms with Gasteiger partial charge in [-0.15, -0.1) is 0 Å². The second-order valence-corrected chi connectivity index (χ2v) is 13.7. The lowest BCUT2D eigenvalue weighted by Gasteiger charge is -2.67. The number of benzene rings is 1. The number of fused-ring (bicyclic) bond motifs is 5. The van der Waals surface area contributed by atoms with Crippen molar-refractivity contribution in [2.24, 2.45) is 16.7 Å². The average Bonchev–Trinajstić information content (AvgIpc) is 2.96. The smallest absolute Gasteiger partial charge is 0.338 e. The van der Waals surface area contributed by atoms with Gasteiger partial charge in [-0.05, 0) is 37.1 Å². The molecule has 2 saturated carbocycles. The predicted octanol–water partition coefficient (Wildman–Crippen LogP) is 3.04. The van der Waals surface area contributed by atoms with Gasteiger partial charge in [0.1, 0.15) is 23.9 Å². The first-order chi connectivity index (χ1) is 21.5. The van der Waals surface area contributed by atoms with Crippen LogP contribution in [0.2, 0.25) is 0 Å². The number of aliphatic hydroxyl groups is 1. The minimum atomic E-state index is -2.10. The number of hydrogen-bond donors (Lipinski definition) is 1. The molecule has 1 aromatic carbocycles. The van der Waals surface area contributed by atoms with Crippen molar-refractivity contribution in [3.05, 3.63) is 47.0 Å². The first-order valence-electron chi connectivity index (χ1n) is 15.2. The van der Waals surface area contributed by atoms with Gasteiger partial charge in [0.2, 0.25) is 0 Å². The zero-order valence-electron chi connectivity index (χ0n) is 27.0. The van der Waals surface area contributed by atoms with Crippen LogP contribution in [0.3, 0.4) is 0 Å². The van der Waals surface area contributed by atoms with Gasteiger partial charge in [0.25, 0.3) is 0 Å². The molecule has 46 heavy (non-hydrogen) atoms. The van der Waals surface area contributed by atoms with Crippen molar-refractivity contribution in [3.63, 3.8) is 0 Å². The van der Waals surface area contributed by atoms with E-state index in [0.717, 1.165) is 0 Å². The van der Waals surface area contributed by atoms with Crippen LogP contribution in [0.1, 0.15) is 71.7 Å². The van der Waals surface area contributed by atoms with Crippen LogP contribution in [0, 0.1) is 16.7 Å². The molecule has 5 rings (SSSR count). The van der Waals surface area contributed by atoms with Crippen molar-refractivity contribution in [1.29, 1.82) is 0 Å². The highest BCUT2D eigenvalue weighted by atomic mass is 31.0. The summed E-state index contributed by atoms with van der Waals surface area (Å²) in [7, 11) is 2.16. The van der Waals surface area contributed by atoms with E-state index in [-0.39, 0.29) is 30.6 Å². The molecule has 2 bridgehead atoms. The molecule has 0 spiro atoms. The highest BCUT2D eigenvalue weighted by Gasteiger charge is 2.78. The normalized spacial score (nSPS) is 37.7. The lowest BCUT2D eigenvalue weighted by Crippen LogP contribution is -2.82. The van der Waals surface area contributed by atoms with Crippen molar-refractivity contribution in [2.75, 3.05) is 6.61 Å². The summed E-state index contributed by atoms with van der Waals surface area (Å²) < 4.78 is 35.7. The van der Waals surface area contributed by atoms with E-state index >= 15 is 4.79 Å². The molecule has 12 nitrogen and oxygen atoms in total. The van der Waals surface area contributed by atoms with E-state index in [1.807, 2.05) is 0 Å². The Balaban J connectivity index is 1.88. The van der Waals surface area contributed by atoms with Crippen LogP contribution in [-0.2, 0) is 47.4 Å². The van der Waals surface area contributed by atoms with Crippen molar-refractivity contribution in [2.45, 2.75) is 103 Å². The van der Waals surface area contributed by atoms with E-state index in [1.54, 1.807) is 58.0 Å². The summed E-state index contributed by atoms with van der Waals surface area (Å²) in [6.45, 7) is 9.99. The summed E-state index contributed by atoms with van der Waals surface area (Å²) in [6.07, 6.45) is -6.14. The molecule has 1 saturated heterocycles. The molecule has 3 fully saturated rings. The van der Waals surface area contributed by atoms with Gasteiger partial charge < -0.3 is 33.3 Å². The molecule has 13 heteroatoms. The SMILES string of the molecule is CC(=O)OC1CC2(O)C(OC(=O)c3ccccc3)C3[C@]4(OC(C)=O)COC4CC(OP)[C@@]3(C)C(=O)C(OC(C)=O)C(=C1C)C2(C)C. The number of carbonyl (C=O) groups excluding carboxylic acids is 5. The zero-order valence-corrected chi connectivity index (χ0v) is 28.1. The summed E-state index contributed by atoms with van der Waals surface area (Å²) in [5.74, 6) is -4.81. The Morgan fingerprint density at radius 3 is 2.11 bits per heavy atom. The second kappa shape index (κ2) is 11.8. The predicted molar refractivity (Wildman–Crippen MR) is 163 cm³/mol. The first-order valence-corrected chi connectivity index (χ1v) is 15.7. The first kappa shape index (κ1) is 34.2. The number of Topliss-reactive ketones (excluding diaryl/α,β-unsaturated/α-hetero) is 1. The molecule has 10 atom stereocenters. The van der Waals surface area contributed by atoms with Gasteiger partial charge in [-0.2, -0.15) is 0 Å². The van der Waals surface area contributed by atoms with Crippen LogP contribution < -0.4 is 0 Å². The fraction of sp³-hybridized carbons (Fsp3) is 0.606. The Morgan fingerprint density at radius 2 is 1.59 bits per heavy atom. The van der Waals surface area contributed by atoms with Gasteiger partial charge in [0.05, 0.1) is 29.6 Å². The number of rotatable bonds is 6. The molecule has 0 aromatic heterocycles. The van der Waals surface area contributed by atoms with Crippen LogP contribution in [0.15, 0.2) is 41.5 Å².